The summed E-state index contributed by atoms with van der Waals surface area (Å²) in [6.07, 6.45) is 3.34. The molecule has 0 saturated heterocycles. The summed E-state index contributed by atoms with van der Waals surface area (Å²) < 4.78 is 7.34. The summed E-state index contributed by atoms with van der Waals surface area (Å²) >= 11 is 0. The zero-order valence-electron chi connectivity index (χ0n) is 11.1. The van der Waals surface area contributed by atoms with Gasteiger partial charge in [-0.25, -0.2) is 0 Å². The zero-order chi connectivity index (χ0) is 14.0. The lowest BCUT2D eigenvalue weighted by molar-refractivity contribution is 0.451. The summed E-state index contributed by atoms with van der Waals surface area (Å²) in [5, 5.41) is 19.7. The van der Waals surface area contributed by atoms with E-state index in [9.17, 15) is 0 Å². The van der Waals surface area contributed by atoms with E-state index < -0.39 is 0 Å². The highest BCUT2D eigenvalue weighted by Crippen LogP contribution is 2.25. The molecule has 2 aromatic heterocycles. The van der Waals surface area contributed by atoms with Crippen molar-refractivity contribution in [2.45, 2.75) is 27.3 Å². The van der Waals surface area contributed by atoms with E-state index in [1.165, 1.54) is 0 Å². The fraction of sp³-hybridized carbons (Fsp3) is 0.333. The third-order valence-corrected chi connectivity index (χ3v) is 2.84. The zero-order valence-corrected chi connectivity index (χ0v) is 11.1. The predicted molar refractivity (Wildman–Crippen MR) is 70.5 cm³/mol. The van der Waals surface area contributed by atoms with Gasteiger partial charge in [0.2, 0.25) is 5.88 Å². The van der Waals surface area contributed by atoms with Crippen LogP contribution in [0.4, 0.5) is 0 Å². The van der Waals surface area contributed by atoms with E-state index >= 15 is 0 Å². The fourth-order valence-electron chi connectivity index (χ4n) is 1.66. The Kier molecular flexibility index (Phi) is 3.46. The maximum absolute atomic E-state index is 7.63. The Morgan fingerprint density at radius 1 is 1.42 bits per heavy atom. The number of nitrogens with one attached hydrogen (secondary N) is 1. The number of amidine groups is 1. The SMILES string of the molecule is CCn1cc(Oc2nnc(C)c(C)c2C(=N)N)cn1. The van der Waals surface area contributed by atoms with Gasteiger partial charge in [0.05, 0.1) is 23.7 Å². The van der Waals surface area contributed by atoms with Crippen LogP contribution >= 0.6 is 0 Å². The molecule has 0 atom stereocenters. The second kappa shape index (κ2) is 5.05. The summed E-state index contributed by atoms with van der Waals surface area (Å²) in [7, 11) is 0. The molecule has 0 fully saturated rings. The molecule has 0 radical (unpaired) electrons. The van der Waals surface area contributed by atoms with Crippen molar-refractivity contribution < 1.29 is 4.74 Å². The number of nitrogens with zero attached hydrogens (tertiary/aromatic N) is 4. The quantitative estimate of drug-likeness (QED) is 0.638. The van der Waals surface area contributed by atoms with Gasteiger partial charge in [-0.1, -0.05) is 0 Å². The molecule has 3 N–H and O–H groups in total. The van der Waals surface area contributed by atoms with Gasteiger partial charge < -0.3 is 10.5 Å². The first-order chi connectivity index (χ1) is 9.02. The molecule has 0 bridgehead atoms. The van der Waals surface area contributed by atoms with Crippen molar-refractivity contribution in [3.63, 3.8) is 0 Å². The van der Waals surface area contributed by atoms with E-state index in [1.807, 2.05) is 20.8 Å². The lowest BCUT2D eigenvalue weighted by Crippen LogP contribution is -2.16. The Balaban J connectivity index is 2.39. The molecule has 0 aliphatic carbocycles. The number of nitrogen functional groups attached to an aromatic ring is 1. The van der Waals surface area contributed by atoms with Crippen molar-refractivity contribution in [3.05, 3.63) is 29.2 Å². The van der Waals surface area contributed by atoms with Gasteiger partial charge in [0.15, 0.2) is 5.75 Å². The Morgan fingerprint density at radius 3 is 2.74 bits per heavy atom. The third kappa shape index (κ3) is 2.54. The van der Waals surface area contributed by atoms with Gasteiger partial charge in [-0.2, -0.15) is 10.2 Å². The molecule has 0 unspecified atom stereocenters. The summed E-state index contributed by atoms with van der Waals surface area (Å²) in [6, 6.07) is 0. The molecule has 19 heavy (non-hydrogen) atoms. The third-order valence-electron chi connectivity index (χ3n) is 2.84. The minimum Gasteiger partial charge on any atom is -0.434 e. The first kappa shape index (κ1) is 13.0. The summed E-state index contributed by atoms with van der Waals surface area (Å²) in [5.41, 5.74) is 7.57. The molecule has 0 spiro atoms. The summed E-state index contributed by atoms with van der Waals surface area (Å²) in [6.45, 7) is 6.38. The lowest BCUT2D eigenvalue weighted by Gasteiger charge is -2.10. The number of rotatable bonds is 4. The standard InChI is InChI=1S/C12H16N6O/c1-4-18-6-9(5-15-18)19-12-10(11(13)14)7(2)8(3)16-17-12/h5-6H,4H2,1-3H3,(H3,13,14). The van der Waals surface area contributed by atoms with Crippen LogP contribution in [0.25, 0.3) is 0 Å². The molecule has 2 aromatic rings. The van der Waals surface area contributed by atoms with E-state index in [-0.39, 0.29) is 11.7 Å². The largest absolute Gasteiger partial charge is 0.434 e. The monoisotopic (exact) mass is 260 g/mol. The Bertz CT molecular complexity index is 619. The molecular formula is C12H16N6O. The number of nitrogens with two attached hydrogens (primary N) is 1. The molecule has 2 rings (SSSR count). The van der Waals surface area contributed by atoms with Crippen LogP contribution in [0, 0.1) is 19.3 Å². The van der Waals surface area contributed by atoms with Gasteiger partial charge in [0, 0.05) is 6.54 Å². The van der Waals surface area contributed by atoms with Crippen LogP contribution in [-0.4, -0.2) is 25.8 Å². The van der Waals surface area contributed by atoms with Crippen LogP contribution in [0.1, 0.15) is 23.7 Å². The van der Waals surface area contributed by atoms with Gasteiger partial charge in [0.1, 0.15) is 5.84 Å². The molecule has 100 valence electrons. The molecule has 7 heteroatoms. The van der Waals surface area contributed by atoms with Crippen molar-refractivity contribution in [1.82, 2.24) is 20.0 Å². The fourth-order valence-corrected chi connectivity index (χ4v) is 1.66. The molecule has 2 heterocycles. The van der Waals surface area contributed by atoms with Gasteiger partial charge in [-0.05, 0) is 26.3 Å². The molecule has 0 aliphatic rings. The molecular weight excluding hydrogens is 244 g/mol. The van der Waals surface area contributed by atoms with E-state index in [2.05, 4.69) is 15.3 Å². The van der Waals surface area contributed by atoms with E-state index in [0.717, 1.165) is 17.8 Å². The van der Waals surface area contributed by atoms with Gasteiger partial charge >= 0.3 is 0 Å². The number of hydrogen-bond donors (Lipinski definition) is 2. The van der Waals surface area contributed by atoms with Crippen LogP contribution in [0.5, 0.6) is 11.6 Å². The lowest BCUT2D eigenvalue weighted by atomic mass is 10.1. The Labute approximate surface area is 110 Å². The normalized spacial score (nSPS) is 10.5. The van der Waals surface area contributed by atoms with Gasteiger partial charge in [-0.3, -0.25) is 10.1 Å². The van der Waals surface area contributed by atoms with Crippen LogP contribution in [-0.2, 0) is 6.54 Å². The van der Waals surface area contributed by atoms with E-state index in [1.54, 1.807) is 17.1 Å². The first-order valence-corrected chi connectivity index (χ1v) is 5.91. The Morgan fingerprint density at radius 2 is 2.16 bits per heavy atom. The molecule has 0 aliphatic heterocycles. The second-order valence-corrected chi connectivity index (χ2v) is 4.14. The molecule has 0 aromatic carbocycles. The van der Waals surface area contributed by atoms with Crippen LogP contribution in [0.15, 0.2) is 12.4 Å². The minimum absolute atomic E-state index is 0.0895. The maximum atomic E-state index is 7.63. The number of aromatic nitrogens is 4. The van der Waals surface area contributed by atoms with Gasteiger partial charge in [0.25, 0.3) is 0 Å². The Hall–Kier alpha value is -2.44. The topological polar surface area (TPSA) is 103 Å². The number of aryl methyl sites for hydroxylation is 2. The predicted octanol–water partition coefficient (Wildman–Crippen LogP) is 1.39. The van der Waals surface area contributed by atoms with Crippen molar-refractivity contribution in [2.75, 3.05) is 0 Å². The summed E-state index contributed by atoms with van der Waals surface area (Å²) in [5.74, 6) is 0.682. The molecule has 0 amide bonds. The van der Waals surface area contributed by atoms with Crippen molar-refractivity contribution in [3.8, 4) is 11.6 Å². The first-order valence-electron chi connectivity index (χ1n) is 5.91. The second-order valence-electron chi connectivity index (χ2n) is 4.14. The van der Waals surface area contributed by atoms with Gasteiger partial charge in [-0.15, -0.1) is 5.10 Å². The maximum Gasteiger partial charge on any atom is 0.250 e. The van der Waals surface area contributed by atoms with Crippen molar-refractivity contribution in [1.29, 1.82) is 5.41 Å². The van der Waals surface area contributed by atoms with Crippen LogP contribution in [0.3, 0.4) is 0 Å². The molecule has 7 nitrogen and oxygen atoms in total. The average Bonchev–Trinajstić information content (AvgIpc) is 2.81. The van der Waals surface area contributed by atoms with E-state index in [0.29, 0.717) is 11.3 Å². The average molecular weight is 260 g/mol. The number of hydrogen-bond acceptors (Lipinski definition) is 5. The van der Waals surface area contributed by atoms with Crippen molar-refractivity contribution >= 4 is 5.84 Å². The molecule has 0 saturated carbocycles. The van der Waals surface area contributed by atoms with Crippen LogP contribution in [0.2, 0.25) is 0 Å². The number of ether oxygens (including phenoxy) is 1. The summed E-state index contributed by atoms with van der Waals surface area (Å²) in [4.78, 5) is 0. The van der Waals surface area contributed by atoms with Crippen molar-refractivity contribution in [2.24, 2.45) is 5.73 Å². The highest BCUT2D eigenvalue weighted by atomic mass is 16.5. The highest BCUT2D eigenvalue weighted by Gasteiger charge is 2.16. The minimum atomic E-state index is -0.0895. The highest BCUT2D eigenvalue weighted by molar-refractivity contribution is 5.98. The van der Waals surface area contributed by atoms with E-state index in [4.69, 9.17) is 15.9 Å². The van der Waals surface area contributed by atoms with Crippen LogP contribution < -0.4 is 10.5 Å². The smallest absolute Gasteiger partial charge is 0.250 e.